The van der Waals surface area contributed by atoms with Gasteiger partial charge in [-0.2, -0.15) is 10.1 Å². The highest BCUT2D eigenvalue weighted by atomic mass is 79.9. The number of aliphatic imine (C=N–C) groups is 1. The van der Waals surface area contributed by atoms with Crippen molar-refractivity contribution in [3.63, 3.8) is 0 Å². The Balaban J connectivity index is 0.00000392. The maximum absolute atomic E-state index is 12.6. The molecule has 0 spiro atoms. The van der Waals surface area contributed by atoms with Crippen LogP contribution in [0.4, 0.5) is 0 Å². The summed E-state index contributed by atoms with van der Waals surface area (Å²) >= 11 is 3.44. The van der Waals surface area contributed by atoms with Crippen molar-refractivity contribution in [3.8, 4) is 0 Å². The van der Waals surface area contributed by atoms with Crippen molar-refractivity contribution >= 4 is 27.7 Å². The summed E-state index contributed by atoms with van der Waals surface area (Å²) in [7, 11) is 0. The monoisotopic (exact) mass is 452 g/mol. The summed E-state index contributed by atoms with van der Waals surface area (Å²) in [6.07, 6.45) is 3.01. The Morgan fingerprint density at radius 2 is 1.86 bits per heavy atom. The second kappa shape index (κ2) is 8.98. The van der Waals surface area contributed by atoms with E-state index in [1.807, 2.05) is 31.2 Å². The van der Waals surface area contributed by atoms with Crippen LogP contribution in [0.2, 0.25) is 0 Å². The van der Waals surface area contributed by atoms with Crippen LogP contribution in [-0.2, 0) is 12.0 Å². The van der Waals surface area contributed by atoms with Crippen molar-refractivity contribution in [3.05, 3.63) is 52.3 Å². The molecule has 28 heavy (non-hydrogen) atoms. The first-order chi connectivity index (χ1) is 12.4. The number of halogens is 1. The van der Waals surface area contributed by atoms with Crippen molar-refractivity contribution < 1.29 is 15.4 Å². The molecule has 0 fully saturated rings. The summed E-state index contributed by atoms with van der Waals surface area (Å²) in [6.45, 7) is 9.73. The van der Waals surface area contributed by atoms with E-state index in [9.17, 15) is 9.90 Å². The molecule has 0 aliphatic carbocycles. The molecule has 0 aliphatic rings. The van der Waals surface area contributed by atoms with E-state index in [0.29, 0.717) is 5.56 Å². The molecule has 0 saturated carbocycles. The largest absolute Gasteiger partial charge is 0.412 e. The molecule has 7 nitrogen and oxygen atoms in total. The lowest BCUT2D eigenvalue weighted by Crippen LogP contribution is -2.43. The third-order valence-electron chi connectivity index (χ3n) is 4.78. The second-order valence-electron chi connectivity index (χ2n) is 7.91. The zero-order valence-corrected chi connectivity index (χ0v) is 18.5. The molecule has 1 unspecified atom stereocenters. The molecule has 154 valence electrons. The van der Waals surface area contributed by atoms with Crippen molar-refractivity contribution in [1.82, 2.24) is 9.78 Å². The highest BCUT2D eigenvalue weighted by molar-refractivity contribution is 9.10. The Kier molecular flexibility index (Phi) is 7.70. The van der Waals surface area contributed by atoms with E-state index in [0.717, 1.165) is 10.0 Å². The summed E-state index contributed by atoms with van der Waals surface area (Å²) in [6, 6.07) is 7.87. The fourth-order valence-corrected chi connectivity index (χ4v) is 3.08. The van der Waals surface area contributed by atoms with E-state index in [4.69, 9.17) is 5.73 Å². The van der Waals surface area contributed by atoms with Crippen LogP contribution in [-0.4, -0.2) is 37.7 Å². The van der Waals surface area contributed by atoms with Gasteiger partial charge in [-0.15, -0.1) is 0 Å². The molecule has 1 amide bonds. The first-order valence-electron chi connectivity index (χ1n) is 8.83. The molecular formula is C20H29BrN4O3. The number of carbonyl (C=O) groups excluding carboxylic acids is 1. The number of hydrogen-bond acceptors (Lipinski definition) is 3. The minimum Gasteiger partial charge on any atom is -0.412 e. The van der Waals surface area contributed by atoms with Gasteiger partial charge in [0.05, 0.1) is 29.3 Å². The Hall–Kier alpha value is -2.03. The highest BCUT2D eigenvalue weighted by Crippen LogP contribution is 2.33. The van der Waals surface area contributed by atoms with E-state index in [1.165, 1.54) is 10.9 Å². The number of aliphatic hydroxyl groups is 1. The van der Waals surface area contributed by atoms with Gasteiger partial charge in [0, 0.05) is 10.7 Å². The molecule has 1 aromatic heterocycles. The number of aromatic nitrogens is 2. The molecule has 2 aromatic rings. The third kappa shape index (κ3) is 5.50. The fourth-order valence-electron chi connectivity index (χ4n) is 2.82. The second-order valence-corrected chi connectivity index (χ2v) is 8.82. The average molecular weight is 453 g/mol. The predicted molar refractivity (Wildman–Crippen MR) is 114 cm³/mol. The van der Waals surface area contributed by atoms with E-state index >= 15 is 0 Å². The Bertz CT molecular complexity index is 838. The van der Waals surface area contributed by atoms with Gasteiger partial charge in [-0.1, -0.05) is 41.9 Å². The van der Waals surface area contributed by atoms with Crippen LogP contribution < -0.4 is 5.73 Å². The van der Waals surface area contributed by atoms with Gasteiger partial charge >= 0.3 is 0 Å². The molecule has 0 bridgehead atoms. The molecule has 1 atom stereocenters. The first-order valence-corrected chi connectivity index (χ1v) is 9.62. The maximum Gasteiger partial charge on any atom is 0.281 e. The Morgan fingerprint density at radius 1 is 1.29 bits per heavy atom. The van der Waals surface area contributed by atoms with Crippen LogP contribution in [0.5, 0.6) is 0 Å². The number of nitrogens with zero attached hydrogens (tertiary/aromatic N) is 3. The third-order valence-corrected chi connectivity index (χ3v) is 5.31. The van der Waals surface area contributed by atoms with E-state index in [1.54, 1.807) is 20.0 Å². The Morgan fingerprint density at radius 3 is 2.36 bits per heavy atom. The van der Waals surface area contributed by atoms with E-state index in [2.05, 4.69) is 39.9 Å². The number of amides is 1. The predicted octanol–water partition coefficient (Wildman–Crippen LogP) is 2.70. The lowest BCUT2D eigenvalue weighted by Gasteiger charge is -2.33. The quantitative estimate of drug-likeness (QED) is 0.515. The zero-order chi connectivity index (χ0) is 20.4. The number of nitrogens with two attached hydrogens (primary N) is 1. The van der Waals surface area contributed by atoms with Gasteiger partial charge in [0.25, 0.3) is 5.91 Å². The summed E-state index contributed by atoms with van der Waals surface area (Å²) < 4.78 is 2.50. The van der Waals surface area contributed by atoms with Gasteiger partial charge in [-0.25, -0.2) is 0 Å². The molecule has 1 aromatic carbocycles. The molecule has 0 saturated heterocycles. The maximum atomic E-state index is 12.6. The van der Waals surface area contributed by atoms with Crippen LogP contribution >= 0.6 is 15.9 Å². The fraction of sp³-hybridized carbons (Fsp3) is 0.450. The molecule has 8 heteroatoms. The number of benzene rings is 1. The number of hydrogen-bond donors (Lipinski definition) is 2. The molecule has 1 heterocycles. The smallest absolute Gasteiger partial charge is 0.281 e. The summed E-state index contributed by atoms with van der Waals surface area (Å²) in [5.74, 6) is -0.0494. The summed E-state index contributed by atoms with van der Waals surface area (Å²) in [5.41, 5.74) is 6.14. The van der Waals surface area contributed by atoms with Gasteiger partial charge < -0.3 is 16.3 Å². The normalized spacial score (nSPS) is 14.5. The van der Waals surface area contributed by atoms with Gasteiger partial charge in [0.15, 0.2) is 0 Å². The van der Waals surface area contributed by atoms with Crippen LogP contribution in [0.15, 0.2) is 46.1 Å². The minimum atomic E-state index is -0.924. The molecule has 0 aliphatic heterocycles. The zero-order valence-electron chi connectivity index (χ0n) is 16.9. The SMILES string of the molecule is CC(C)C(C)(C(N)=NC(=O)c1cnn(CC(C)(C)O)c1)c1ccc(Br)cc1.O. The van der Waals surface area contributed by atoms with Crippen molar-refractivity contribution in [1.29, 1.82) is 0 Å². The molecule has 2 rings (SSSR count). The van der Waals surface area contributed by atoms with Gasteiger partial charge in [-0.05, 0) is 44.4 Å². The average Bonchev–Trinajstić information content (AvgIpc) is 3.01. The van der Waals surface area contributed by atoms with Gasteiger partial charge in [-0.3, -0.25) is 9.48 Å². The molecule has 0 radical (unpaired) electrons. The summed E-state index contributed by atoms with van der Waals surface area (Å²) in [4.78, 5) is 16.8. The van der Waals surface area contributed by atoms with E-state index < -0.39 is 16.9 Å². The topological polar surface area (TPSA) is 125 Å². The summed E-state index contributed by atoms with van der Waals surface area (Å²) in [5, 5.41) is 14.0. The van der Waals surface area contributed by atoms with Crippen LogP contribution in [0, 0.1) is 5.92 Å². The Labute approximate surface area is 174 Å². The van der Waals surface area contributed by atoms with Crippen LogP contribution in [0.3, 0.4) is 0 Å². The van der Waals surface area contributed by atoms with Crippen molar-refractivity contribution in [2.24, 2.45) is 16.6 Å². The van der Waals surface area contributed by atoms with Crippen LogP contribution in [0.25, 0.3) is 0 Å². The highest BCUT2D eigenvalue weighted by Gasteiger charge is 2.35. The molecule has 5 N–H and O–H groups in total. The number of rotatable bonds is 6. The van der Waals surface area contributed by atoms with Crippen LogP contribution in [0.1, 0.15) is 50.5 Å². The van der Waals surface area contributed by atoms with Crippen molar-refractivity contribution in [2.75, 3.05) is 0 Å². The number of amidine groups is 1. The minimum absolute atomic E-state index is 0. The molecular weight excluding hydrogens is 424 g/mol. The first kappa shape index (κ1) is 24.0. The van der Waals surface area contributed by atoms with Gasteiger partial charge in [0.1, 0.15) is 5.84 Å². The van der Waals surface area contributed by atoms with Gasteiger partial charge in [0.2, 0.25) is 0 Å². The number of carbonyl (C=O) groups is 1. The van der Waals surface area contributed by atoms with E-state index in [-0.39, 0.29) is 23.8 Å². The lowest BCUT2D eigenvalue weighted by atomic mass is 9.72. The van der Waals surface area contributed by atoms with Crippen molar-refractivity contribution in [2.45, 2.75) is 52.2 Å². The standard InChI is InChI=1S/C20H27BrN4O2.H2O/c1-13(2)20(5,15-6-8-16(21)9-7-15)18(22)24-17(26)14-10-23-25(11-14)12-19(3,4)27;/h6-11,13,27H,12H2,1-5H3,(H2,22,24,26);1H2. The lowest BCUT2D eigenvalue weighted by molar-refractivity contribution is 0.0576.